The van der Waals surface area contributed by atoms with Crippen LogP contribution in [0.3, 0.4) is 0 Å². The van der Waals surface area contributed by atoms with Gasteiger partial charge in [0.15, 0.2) is 0 Å². The van der Waals surface area contributed by atoms with Crippen LogP contribution in [0.1, 0.15) is 28.4 Å². The summed E-state index contributed by atoms with van der Waals surface area (Å²) in [6.07, 6.45) is -0.108. The SMILES string of the molecule is CN(C)S(=O)(=O)c1ccc(C(=O)N2CCC(O)c3ccccc32)cc1. The largest absolute Gasteiger partial charge is 0.388 e. The zero-order valence-corrected chi connectivity index (χ0v) is 14.9. The smallest absolute Gasteiger partial charge is 0.258 e. The van der Waals surface area contributed by atoms with Crippen molar-refractivity contribution >= 4 is 21.6 Å². The first kappa shape index (κ1) is 17.6. The van der Waals surface area contributed by atoms with Crippen LogP contribution in [0.2, 0.25) is 0 Å². The summed E-state index contributed by atoms with van der Waals surface area (Å²) in [6, 6.07) is 13.2. The minimum Gasteiger partial charge on any atom is -0.388 e. The number of anilines is 1. The van der Waals surface area contributed by atoms with Crippen molar-refractivity contribution < 1.29 is 18.3 Å². The van der Waals surface area contributed by atoms with Crippen LogP contribution in [-0.4, -0.2) is 44.4 Å². The summed E-state index contributed by atoms with van der Waals surface area (Å²) in [6.45, 7) is 0.411. The van der Waals surface area contributed by atoms with Crippen LogP contribution in [0.15, 0.2) is 53.4 Å². The topological polar surface area (TPSA) is 77.9 Å². The van der Waals surface area contributed by atoms with Gasteiger partial charge in [-0.3, -0.25) is 4.79 Å². The Bertz CT molecular complexity index is 892. The quantitative estimate of drug-likeness (QED) is 0.908. The molecule has 132 valence electrons. The molecule has 6 nitrogen and oxygen atoms in total. The van der Waals surface area contributed by atoms with Crippen LogP contribution in [0.5, 0.6) is 0 Å². The Morgan fingerprint density at radius 2 is 1.76 bits per heavy atom. The van der Waals surface area contributed by atoms with Gasteiger partial charge in [0.1, 0.15) is 0 Å². The van der Waals surface area contributed by atoms with Crippen LogP contribution >= 0.6 is 0 Å². The molecule has 0 saturated heterocycles. The third-order valence-corrected chi connectivity index (χ3v) is 6.17. The van der Waals surface area contributed by atoms with Crippen LogP contribution in [-0.2, 0) is 10.0 Å². The summed E-state index contributed by atoms with van der Waals surface area (Å²) >= 11 is 0. The molecule has 0 bridgehead atoms. The van der Waals surface area contributed by atoms with Crippen molar-refractivity contribution in [1.29, 1.82) is 0 Å². The Morgan fingerprint density at radius 1 is 1.12 bits per heavy atom. The van der Waals surface area contributed by atoms with E-state index in [9.17, 15) is 18.3 Å². The molecule has 1 N–H and O–H groups in total. The number of para-hydroxylation sites is 1. The van der Waals surface area contributed by atoms with Crippen molar-refractivity contribution in [2.24, 2.45) is 0 Å². The molecule has 0 aliphatic carbocycles. The molecule has 2 aromatic rings. The molecule has 0 saturated carbocycles. The van der Waals surface area contributed by atoms with E-state index in [0.717, 1.165) is 9.87 Å². The highest BCUT2D eigenvalue weighted by Crippen LogP contribution is 2.34. The molecule has 2 aromatic carbocycles. The van der Waals surface area contributed by atoms with Gasteiger partial charge in [-0.2, -0.15) is 0 Å². The summed E-state index contributed by atoms with van der Waals surface area (Å²) < 4.78 is 25.4. The predicted octanol–water partition coefficient (Wildman–Crippen LogP) is 2.02. The highest BCUT2D eigenvalue weighted by molar-refractivity contribution is 7.89. The van der Waals surface area contributed by atoms with Crippen LogP contribution in [0, 0.1) is 0 Å². The number of hydrogen-bond donors (Lipinski definition) is 1. The summed E-state index contributed by atoms with van der Waals surface area (Å²) in [5.41, 5.74) is 1.83. The van der Waals surface area contributed by atoms with E-state index < -0.39 is 16.1 Å². The lowest BCUT2D eigenvalue weighted by Gasteiger charge is -2.32. The Balaban J connectivity index is 1.91. The standard InChI is InChI=1S/C18H20N2O4S/c1-19(2)25(23,24)14-9-7-13(8-10-14)18(22)20-12-11-17(21)15-5-3-4-6-16(15)20/h3-10,17,21H,11-12H2,1-2H3. The van der Waals surface area contributed by atoms with E-state index >= 15 is 0 Å². The number of sulfonamides is 1. The van der Waals surface area contributed by atoms with Gasteiger partial charge < -0.3 is 10.0 Å². The molecule has 0 aromatic heterocycles. The van der Waals surface area contributed by atoms with Gasteiger partial charge in [-0.1, -0.05) is 18.2 Å². The number of fused-ring (bicyclic) bond motifs is 1. The van der Waals surface area contributed by atoms with Crippen LogP contribution < -0.4 is 4.90 Å². The van der Waals surface area contributed by atoms with E-state index in [1.807, 2.05) is 18.2 Å². The third kappa shape index (κ3) is 3.18. The fourth-order valence-electron chi connectivity index (χ4n) is 2.89. The minimum absolute atomic E-state index is 0.142. The normalized spacial score (nSPS) is 17.4. The van der Waals surface area contributed by atoms with Gasteiger partial charge >= 0.3 is 0 Å². The average Bonchev–Trinajstić information content (AvgIpc) is 2.62. The van der Waals surface area contributed by atoms with Crippen molar-refractivity contribution in [3.05, 3.63) is 59.7 Å². The molecule has 0 spiro atoms. The molecular weight excluding hydrogens is 340 g/mol. The van der Waals surface area contributed by atoms with Crippen LogP contribution in [0.25, 0.3) is 0 Å². The predicted molar refractivity (Wildman–Crippen MR) is 95.0 cm³/mol. The number of carbonyl (C=O) groups is 1. The van der Waals surface area contributed by atoms with E-state index in [1.54, 1.807) is 11.0 Å². The van der Waals surface area contributed by atoms with Crippen molar-refractivity contribution in [3.8, 4) is 0 Å². The highest BCUT2D eigenvalue weighted by atomic mass is 32.2. The second-order valence-corrected chi connectivity index (χ2v) is 8.28. The molecular formula is C18H20N2O4S. The van der Waals surface area contributed by atoms with Crippen molar-refractivity contribution in [3.63, 3.8) is 0 Å². The number of rotatable bonds is 3. The number of amides is 1. The number of benzene rings is 2. The third-order valence-electron chi connectivity index (χ3n) is 4.34. The molecule has 3 rings (SSSR count). The maximum atomic E-state index is 12.8. The second-order valence-electron chi connectivity index (χ2n) is 6.13. The summed E-state index contributed by atoms with van der Waals surface area (Å²) in [4.78, 5) is 14.6. The molecule has 0 fully saturated rings. The monoisotopic (exact) mass is 360 g/mol. The first-order chi connectivity index (χ1) is 11.8. The lowest BCUT2D eigenvalue weighted by Crippen LogP contribution is -2.36. The van der Waals surface area contributed by atoms with Crippen LogP contribution in [0.4, 0.5) is 5.69 Å². The van der Waals surface area contributed by atoms with E-state index in [4.69, 9.17) is 0 Å². The lowest BCUT2D eigenvalue weighted by atomic mass is 9.98. The molecule has 1 heterocycles. The maximum Gasteiger partial charge on any atom is 0.258 e. The first-order valence-electron chi connectivity index (χ1n) is 7.94. The molecule has 7 heteroatoms. The number of nitrogens with zero attached hydrogens (tertiary/aromatic N) is 2. The van der Waals surface area contributed by atoms with E-state index in [-0.39, 0.29) is 10.8 Å². The summed E-state index contributed by atoms with van der Waals surface area (Å²) in [5, 5.41) is 10.1. The summed E-state index contributed by atoms with van der Waals surface area (Å²) in [7, 11) is -0.599. The highest BCUT2D eigenvalue weighted by Gasteiger charge is 2.28. The lowest BCUT2D eigenvalue weighted by molar-refractivity contribution is 0.0970. The molecule has 25 heavy (non-hydrogen) atoms. The molecule has 0 radical (unpaired) electrons. The fraction of sp³-hybridized carbons (Fsp3) is 0.278. The Kier molecular flexibility index (Phi) is 4.64. The Morgan fingerprint density at radius 3 is 2.40 bits per heavy atom. The van der Waals surface area contributed by atoms with E-state index in [1.165, 1.54) is 38.4 Å². The van der Waals surface area contributed by atoms with Gasteiger partial charge in [0, 0.05) is 37.5 Å². The number of hydrogen-bond acceptors (Lipinski definition) is 4. The molecule has 1 unspecified atom stereocenters. The molecule has 1 atom stereocenters. The van der Waals surface area contributed by atoms with Crippen molar-refractivity contribution in [1.82, 2.24) is 4.31 Å². The average molecular weight is 360 g/mol. The van der Waals surface area contributed by atoms with Gasteiger partial charge in [-0.25, -0.2) is 12.7 Å². The number of aliphatic hydroxyl groups excluding tert-OH is 1. The van der Waals surface area contributed by atoms with Gasteiger partial charge in [-0.05, 0) is 36.8 Å². The second kappa shape index (κ2) is 6.59. The van der Waals surface area contributed by atoms with E-state index in [0.29, 0.717) is 24.2 Å². The molecule has 1 amide bonds. The molecule has 1 aliphatic rings. The summed E-state index contributed by atoms with van der Waals surface area (Å²) in [5.74, 6) is -0.215. The maximum absolute atomic E-state index is 12.8. The first-order valence-corrected chi connectivity index (χ1v) is 9.38. The Hall–Kier alpha value is -2.22. The number of aliphatic hydroxyl groups is 1. The van der Waals surface area contributed by atoms with Gasteiger partial charge in [-0.15, -0.1) is 0 Å². The van der Waals surface area contributed by atoms with Gasteiger partial charge in [0.25, 0.3) is 5.91 Å². The van der Waals surface area contributed by atoms with Crippen molar-refractivity contribution in [2.75, 3.05) is 25.5 Å². The zero-order chi connectivity index (χ0) is 18.2. The zero-order valence-electron chi connectivity index (χ0n) is 14.1. The van der Waals surface area contributed by atoms with Crippen molar-refractivity contribution in [2.45, 2.75) is 17.4 Å². The Labute approximate surface area is 147 Å². The molecule has 1 aliphatic heterocycles. The van der Waals surface area contributed by atoms with E-state index in [2.05, 4.69) is 0 Å². The minimum atomic E-state index is -3.52. The number of carbonyl (C=O) groups excluding carboxylic acids is 1. The fourth-order valence-corrected chi connectivity index (χ4v) is 3.79. The van der Waals surface area contributed by atoms with Gasteiger partial charge in [0.2, 0.25) is 10.0 Å². The van der Waals surface area contributed by atoms with Gasteiger partial charge in [0.05, 0.1) is 11.0 Å².